The monoisotopic (exact) mass is 347 g/mol. The molecule has 0 aliphatic carbocycles. The molecule has 0 N–H and O–H groups in total. The lowest BCUT2D eigenvalue weighted by atomic mass is 10.1. The zero-order chi connectivity index (χ0) is 16.5. The minimum atomic E-state index is 0. The Morgan fingerprint density at radius 1 is 0.435 bits per heavy atom. The summed E-state index contributed by atoms with van der Waals surface area (Å²) in [6.45, 7) is 7.34. The van der Waals surface area contributed by atoms with Gasteiger partial charge in [0.1, 0.15) is 0 Å². The minimum absolute atomic E-state index is 0. The average molecular weight is 348 g/mol. The van der Waals surface area contributed by atoms with E-state index in [4.69, 9.17) is 0 Å². The molecule has 0 amide bonds. The molecule has 0 aromatic carbocycles. The van der Waals surface area contributed by atoms with Crippen molar-refractivity contribution in [1.82, 2.24) is 0 Å². The van der Waals surface area contributed by atoms with Gasteiger partial charge in [-0.15, -0.1) is 0 Å². The summed E-state index contributed by atoms with van der Waals surface area (Å²) in [7, 11) is 4.84. The van der Waals surface area contributed by atoms with Gasteiger partial charge in [0.25, 0.3) is 0 Å². The third-order valence-corrected chi connectivity index (χ3v) is 4.98. The molecule has 0 aliphatic heterocycles. The number of hydrogen-bond donors (Lipinski definition) is 0. The quantitative estimate of drug-likeness (QED) is 0.276. The second-order valence-corrected chi connectivity index (χ2v) is 7.98. The van der Waals surface area contributed by atoms with Crippen molar-refractivity contribution in [2.24, 2.45) is 0 Å². The van der Waals surface area contributed by atoms with Gasteiger partial charge in [0.15, 0.2) is 0 Å². The molecule has 23 heavy (non-hydrogen) atoms. The highest BCUT2D eigenvalue weighted by Crippen LogP contribution is 2.13. The molecule has 0 saturated heterocycles. The summed E-state index contributed by atoms with van der Waals surface area (Å²) in [6.07, 6.45) is 21.6. The lowest BCUT2D eigenvalue weighted by Gasteiger charge is -2.30. The highest BCUT2D eigenvalue weighted by Gasteiger charge is 2.13. The summed E-state index contributed by atoms with van der Waals surface area (Å²) in [4.78, 5) is 0. The fourth-order valence-corrected chi connectivity index (χ4v) is 3.28. The van der Waals surface area contributed by atoms with E-state index in [1.54, 1.807) is 0 Å². The Morgan fingerprint density at radius 2 is 0.696 bits per heavy atom. The second-order valence-electron chi connectivity index (χ2n) is 7.98. The second kappa shape index (κ2) is 18.6. The highest BCUT2D eigenvalue weighted by molar-refractivity contribution is 4.48. The van der Waals surface area contributed by atoms with E-state index in [-0.39, 0.29) is 12.4 Å². The Bertz CT molecular complexity index is 216. The standard InChI is InChI=1S/C21H46N.ClH/c1-5-7-9-11-12-13-14-15-16-17-19-21-22(3,4)20-18-10-8-6-2;/h5-21H2,1-4H3;1H/q+1;/p-1. The van der Waals surface area contributed by atoms with Crippen LogP contribution in [0.3, 0.4) is 0 Å². The van der Waals surface area contributed by atoms with Crippen molar-refractivity contribution in [3.8, 4) is 0 Å². The van der Waals surface area contributed by atoms with Crippen LogP contribution >= 0.6 is 0 Å². The van der Waals surface area contributed by atoms with E-state index >= 15 is 0 Å². The van der Waals surface area contributed by atoms with Crippen LogP contribution in [0.1, 0.15) is 110 Å². The maximum absolute atomic E-state index is 2.42. The smallest absolute Gasteiger partial charge is 0.0782 e. The third kappa shape index (κ3) is 20.2. The maximum atomic E-state index is 2.42. The van der Waals surface area contributed by atoms with E-state index in [0.29, 0.717) is 0 Å². The van der Waals surface area contributed by atoms with E-state index in [2.05, 4.69) is 27.9 Å². The van der Waals surface area contributed by atoms with Crippen molar-refractivity contribution in [2.75, 3.05) is 27.2 Å². The number of halogens is 1. The third-order valence-electron chi connectivity index (χ3n) is 4.98. The Kier molecular flexibility index (Phi) is 20.6. The van der Waals surface area contributed by atoms with E-state index in [0.717, 1.165) is 0 Å². The molecule has 0 heterocycles. The molecule has 0 saturated carbocycles. The topological polar surface area (TPSA) is 0 Å². The van der Waals surface area contributed by atoms with Gasteiger partial charge in [-0.3, -0.25) is 0 Å². The lowest BCUT2D eigenvalue weighted by molar-refractivity contribution is -0.890. The van der Waals surface area contributed by atoms with Gasteiger partial charge < -0.3 is 16.9 Å². The first-order valence-corrected chi connectivity index (χ1v) is 10.4. The number of rotatable bonds is 17. The molecule has 0 unspecified atom stereocenters. The Morgan fingerprint density at radius 3 is 1.04 bits per heavy atom. The molecule has 0 bridgehead atoms. The van der Waals surface area contributed by atoms with Gasteiger partial charge in [0, 0.05) is 0 Å². The molecule has 0 aromatic heterocycles. The summed E-state index contributed by atoms with van der Waals surface area (Å²) in [5.41, 5.74) is 0. The molecule has 0 rings (SSSR count). The van der Waals surface area contributed by atoms with Gasteiger partial charge in [-0.25, -0.2) is 0 Å². The molecule has 0 aromatic rings. The van der Waals surface area contributed by atoms with Crippen LogP contribution < -0.4 is 12.4 Å². The first-order valence-electron chi connectivity index (χ1n) is 10.4. The van der Waals surface area contributed by atoms with Crippen LogP contribution in [0, 0.1) is 0 Å². The summed E-state index contributed by atoms with van der Waals surface area (Å²) in [6, 6.07) is 0. The maximum Gasteiger partial charge on any atom is 0.0782 e. The fourth-order valence-electron chi connectivity index (χ4n) is 3.28. The Labute approximate surface area is 154 Å². The van der Waals surface area contributed by atoms with Crippen molar-refractivity contribution in [2.45, 2.75) is 110 Å². The Balaban J connectivity index is 0. The lowest BCUT2D eigenvalue weighted by Crippen LogP contribution is -3.00. The van der Waals surface area contributed by atoms with E-state index in [1.165, 1.54) is 114 Å². The predicted molar refractivity (Wildman–Crippen MR) is 102 cm³/mol. The van der Waals surface area contributed by atoms with Gasteiger partial charge in [-0.2, -0.15) is 0 Å². The number of nitrogens with zero attached hydrogens (tertiary/aromatic N) is 1. The molecule has 1 nitrogen and oxygen atoms in total. The number of unbranched alkanes of at least 4 members (excludes halogenated alkanes) is 13. The molecule has 0 fully saturated rings. The predicted octanol–water partition coefficient (Wildman–Crippen LogP) is 3.96. The SMILES string of the molecule is CCCCCCCCCCCCC[N+](C)(C)CCCCCC.[Cl-]. The highest BCUT2D eigenvalue weighted by atomic mass is 35.5. The van der Waals surface area contributed by atoms with Gasteiger partial charge in [-0.05, 0) is 25.7 Å². The van der Waals surface area contributed by atoms with Crippen LogP contribution in [0.25, 0.3) is 0 Å². The van der Waals surface area contributed by atoms with Gasteiger partial charge in [0.05, 0.1) is 27.2 Å². The number of hydrogen-bond acceptors (Lipinski definition) is 0. The van der Waals surface area contributed by atoms with E-state index < -0.39 is 0 Å². The van der Waals surface area contributed by atoms with Crippen LogP contribution in [-0.2, 0) is 0 Å². The van der Waals surface area contributed by atoms with Crippen molar-refractivity contribution < 1.29 is 16.9 Å². The van der Waals surface area contributed by atoms with E-state index in [1.807, 2.05) is 0 Å². The molecule has 2 heteroatoms. The largest absolute Gasteiger partial charge is 1.00 e. The van der Waals surface area contributed by atoms with Crippen LogP contribution in [0.15, 0.2) is 0 Å². The van der Waals surface area contributed by atoms with Crippen molar-refractivity contribution in [3.05, 3.63) is 0 Å². The zero-order valence-corrected chi connectivity index (χ0v) is 17.6. The molecule has 0 radical (unpaired) electrons. The van der Waals surface area contributed by atoms with Crippen LogP contribution in [0.4, 0.5) is 0 Å². The van der Waals surface area contributed by atoms with Crippen LogP contribution in [-0.4, -0.2) is 31.7 Å². The number of quaternary nitrogens is 1. The molecule has 0 spiro atoms. The summed E-state index contributed by atoms with van der Waals surface area (Å²) in [5.74, 6) is 0. The van der Waals surface area contributed by atoms with E-state index in [9.17, 15) is 0 Å². The Hall–Kier alpha value is 0.250. The molecule has 142 valence electrons. The van der Waals surface area contributed by atoms with Crippen molar-refractivity contribution >= 4 is 0 Å². The summed E-state index contributed by atoms with van der Waals surface area (Å²) in [5, 5.41) is 0. The minimum Gasteiger partial charge on any atom is -1.00 e. The molecule has 0 atom stereocenters. The van der Waals surface area contributed by atoms with Crippen molar-refractivity contribution in [3.63, 3.8) is 0 Å². The van der Waals surface area contributed by atoms with Crippen LogP contribution in [0.2, 0.25) is 0 Å². The van der Waals surface area contributed by atoms with Gasteiger partial charge >= 0.3 is 0 Å². The molecular formula is C21H46ClN. The zero-order valence-electron chi connectivity index (χ0n) is 16.8. The summed E-state index contributed by atoms with van der Waals surface area (Å²) >= 11 is 0. The fraction of sp³-hybridized carbons (Fsp3) is 1.00. The first kappa shape index (κ1) is 25.5. The van der Waals surface area contributed by atoms with Gasteiger partial charge in [-0.1, -0.05) is 84.5 Å². The van der Waals surface area contributed by atoms with Gasteiger partial charge in [0.2, 0.25) is 0 Å². The summed E-state index contributed by atoms with van der Waals surface area (Å²) < 4.78 is 1.24. The first-order chi connectivity index (χ1) is 10.6. The average Bonchev–Trinajstić information content (AvgIpc) is 2.49. The van der Waals surface area contributed by atoms with Crippen molar-refractivity contribution in [1.29, 1.82) is 0 Å². The van der Waals surface area contributed by atoms with Crippen LogP contribution in [0.5, 0.6) is 0 Å². The molecular weight excluding hydrogens is 302 g/mol. The normalized spacial score (nSPS) is 11.5. The molecule has 0 aliphatic rings.